The first-order valence-electron chi connectivity index (χ1n) is 9.71. The summed E-state index contributed by atoms with van der Waals surface area (Å²) in [7, 11) is 0. The fourth-order valence-electron chi connectivity index (χ4n) is 3.26. The fraction of sp³-hybridized carbons (Fsp3) is 0.130. The number of imidazole rings is 1. The van der Waals surface area contributed by atoms with Crippen LogP contribution in [0.2, 0.25) is 0 Å². The molecule has 150 valence electrons. The number of benzene rings is 1. The van der Waals surface area contributed by atoms with Crippen molar-refractivity contribution in [3.05, 3.63) is 95.8 Å². The summed E-state index contributed by atoms with van der Waals surface area (Å²) in [6.07, 6.45) is 5.88. The largest absolute Gasteiger partial charge is 0.346 e. The molecule has 0 fully saturated rings. The van der Waals surface area contributed by atoms with Gasteiger partial charge >= 0.3 is 0 Å². The van der Waals surface area contributed by atoms with Crippen LogP contribution in [0.4, 0.5) is 5.69 Å². The summed E-state index contributed by atoms with van der Waals surface area (Å²) < 4.78 is 1.63. The normalized spacial score (nSPS) is 10.7. The number of hydrogen-bond acceptors (Lipinski definition) is 4. The van der Waals surface area contributed by atoms with E-state index in [1.807, 2.05) is 49.4 Å². The highest BCUT2D eigenvalue weighted by molar-refractivity contribution is 6.06. The van der Waals surface area contributed by atoms with E-state index in [2.05, 4.69) is 20.6 Å². The predicted octanol–water partition coefficient (Wildman–Crippen LogP) is 3.47. The average molecular weight is 399 g/mol. The number of carbonyl (C=O) groups is 2. The number of para-hydroxylation sites is 1. The van der Waals surface area contributed by atoms with Gasteiger partial charge in [-0.15, -0.1) is 0 Å². The SMILES string of the molecule is CCc1ccccc1NC(=O)c1nc(C(=O)NCc2cccnc2)c2ccccn12. The number of nitrogens with zero attached hydrogens (tertiary/aromatic N) is 3. The molecule has 0 radical (unpaired) electrons. The minimum absolute atomic E-state index is 0.156. The van der Waals surface area contributed by atoms with Crippen LogP contribution in [0.1, 0.15) is 39.2 Å². The number of fused-ring (bicyclic) bond motifs is 1. The summed E-state index contributed by atoms with van der Waals surface area (Å²) >= 11 is 0. The molecule has 4 rings (SSSR count). The zero-order valence-corrected chi connectivity index (χ0v) is 16.5. The summed E-state index contributed by atoms with van der Waals surface area (Å²) in [5.41, 5.74) is 3.41. The van der Waals surface area contributed by atoms with Gasteiger partial charge in [-0.05, 0) is 41.8 Å². The van der Waals surface area contributed by atoms with Gasteiger partial charge in [-0.1, -0.05) is 37.3 Å². The van der Waals surface area contributed by atoms with Crippen molar-refractivity contribution in [3.63, 3.8) is 0 Å². The molecule has 0 unspecified atom stereocenters. The maximum atomic E-state index is 13.0. The van der Waals surface area contributed by atoms with Crippen LogP contribution in [-0.4, -0.2) is 26.2 Å². The highest BCUT2D eigenvalue weighted by Gasteiger charge is 2.21. The lowest BCUT2D eigenvalue weighted by molar-refractivity contribution is 0.0948. The van der Waals surface area contributed by atoms with Crippen LogP contribution in [0.15, 0.2) is 73.2 Å². The quantitative estimate of drug-likeness (QED) is 0.520. The van der Waals surface area contributed by atoms with E-state index in [4.69, 9.17) is 0 Å². The van der Waals surface area contributed by atoms with Crippen LogP contribution in [0.25, 0.3) is 5.52 Å². The smallest absolute Gasteiger partial charge is 0.292 e. The van der Waals surface area contributed by atoms with Crippen molar-refractivity contribution in [2.45, 2.75) is 19.9 Å². The summed E-state index contributed by atoms with van der Waals surface area (Å²) in [5.74, 6) is -0.568. The second-order valence-electron chi connectivity index (χ2n) is 6.75. The van der Waals surface area contributed by atoms with Crippen LogP contribution < -0.4 is 10.6 Å². The topological polar surface area (TPSA) is 88.4 Å². The van der Waals surface area contributed by atoms with Gasteiger partial charge in [-0.3, -0.25) is 19.0 Å². The Morgan fingerprint density at radius 3 is 2.63 bits per heavy atom. The Bertz CT molecular complexity index is 1200. The third-order valence-electron chi connectivity index (χ3n) is 4.79. The second-order valence-corrected chi connectivity index (χ2v) is 6.75. The van der Waals surface area contributed by atoms with Crippen LogP contribution in [0.3, 0.4) is 0 Å². The monoisotopic (exact) mass is 399 g/mol. The second kappa shape index (κ2) is 8.57. The molecule has 7 heteroatoms. The molecule has 0 aliphatic rings. The van der Waals surface area contributed by atoms with Crippen molar-refractivity contribution in [1.29, 1.82) is 0 Å². The van der Waals surface area contributed by atoms with Gasteiger partial charge in [0.25, 0.3) is 11.8 Å². The number of aryl methyl sites for hydroxylation is 1. The molecule has 0 bridgehead atoms. The Hall–Kier alpha value is -4.00. The highest BCUT2D eigenvalue weighted by atomic mass is 16.2. The molecule has 0 spiro atoms. The summed E-state index contributed by atoms with van der Waals surface area (Å²) in [6.45, 7) is 2.35. The molecule has 3 heterocycles. The lowest BCUT2D eigenvalue weighted by Crippen LogP contribution is -2.23. The first-order valence-corrected chi connectivity index (χ1v) is 9.71. The van der Waals surface area contributed by atoms with E-state index in [0.717, 1.165) is 23.2 Å². The molecule has 0 atom stereocenters. The number of carbonyl (C=O) groups excluding carboxylic acids is 2. The van der Waals surface area contributed by atoms with Crippen molar-refractivity contribution < 1.29 is 9.59 Å². The number of nitrogens with one attached hydrogen (secondary N) is 2. The van der Waals surface area contributed by atoms with Gasteiger partial charge in [0, 0.05) is 30.8 Å². The van der Waals surface area contributed by atoms with E-state index in [1.165, 1.54) is 0 Å². The Kier molecular flexibility index (Phi) is 5.52. The van der Waals surface area contributed by atoms with E-state index in [-0.39, 0.29) is 23.3 Å². The van der Waals surface area contributed by atoms with Gasteiger partial charge in [0.05, 0.1) is 5.52 Å². The summed E-state index contributed by atoms with van der Waals surface area (Å²) in [6, 6.07) is 16.7. The lowest BCUT2D eigenvalue weighted by Gasteiger charge is -2.08. The first-order chi connectivity index (χ1) is 14.7. The Morgan fingerprint density at radius 1 is 1.00 bits per heavy atom. The van der Waals surface area contributed by atoms with Crippen molar-refractivity contribution >= 4 is 23.0 Å². The number of rotatable bonds is 6. The fourth-order valence-corrected chi connectivity index (χ4v) is 3.26. The first kappa shape index (κ1) is 19.3. The molecule has 0 aliphatic carbocycles. The summed E-state index contributed by atoms with van der Waals surface area (Å²) in [4.78, 5) is 34.2. The van der Waals surface area contributed by atoms with Gasteiger partial charge in [-0.2, -0.15) is 0 Å². The van der Waals surface area contributed by atoms with E-state index in [9.17, 15) is 9.59 Å². The molecule has 30 heavy (non-hydrogen) atoms. The summed E-state index contributed by atoms with van der Waals surface area (Å²) in [5, 5.41) is 5.76. The van der Waals surface area contributed by atoms with Crippen molar-refractivity contribution in [2.75, 3.05) is 5.32 Å². The van der Waals surface area contributed by atoms with Gasteiger partial charge in [0.15, 0.2) is 5.69 Å². The maximum Gasteiger partial charge on any atom is 0.292 e. The maximum absolute atomic E-state index is 13.0. The number of hydrogen-bond donors (Lipinski definition) is 2. The van der Waals surface area contributed by atoms with Crippen molar-refractivity contribution in [2.24, 2.45) is 0 Å². The van der Waals surface area contributed by atoms with E-state index < -0.39 is 0 Å². The van der Waals surface area contributed by atoms with Gasteiger partial charge < -0.3 is 10.6 Å². The van der Waals surface area contributed by atoms with Crippen LogP contribution in [-0.2, 0) is 13.0 Å². The lowest BCUT2D eigenvalue weighted by atomic mass is 10.1. The van der Waals surface area contributed by atoms with Gasteiger partial charge in [-0.25, -0.2) is 4.98 Å². The van der Waals surface area contributed by atoms with Crippen molar-refractivity contribution in [1.82, 2.24) is 19.7 Å². The molecule has 3 aromatic heterocycles. The van der Waals surface area contributed by atoms with Gasteiger partial charge in [0.1, 0.15) is 0 Å². The minimum atomic E-state index is -0.372. The third kappa shape index (κ3) is 3.91. The molecule has 0 saturated heterocycles. The molecule has 2 N–H and O–H groups in total. The van der Waals surface area contributed by atoms with Gasteiger partial charge in [0.2, 0.25) is 5.82 Å². The van der Waals surface area contributed by atoms with E-state index in [1.54, 1.807) is 35.1 Å². The average Bonchev–Trinajstić information content (AvgIpc) is 3.18. The molecule has 2 amide bonds. The zero-order valence-electron chi connectivity index (χ0n) is 16.5. The van der Waals surface area contributed by atoms with Crippen LogP contribution in [0.5, 0.6) is 0 Å². The Balaban J connectivity index is 1.62. The van der Waals surface area contributed by atoms with E-state index in [0.29, 0.717) is 12.1 Å². The highest BCUT2D eigenvalue weighted by Crippen LogP contribution is 2.18. The molecule has 1 aromatic carbocycles. The molecule has 7 nitrogen and oxygen atoms in total. The Labute approximate surface area is 173 Å². The number of anilines is 1. The van der Waals surface area contributed by atoms with Crippen LogP contribution >= 0.6 is 0 Å². The number of pyridine rings is 2. The van der Waals surface area contributed by atoms with E-state index >= 15 is 0 Å². The molecular formula is C23H21N5O2. The predicted molar refractivity (Wildman–Crippen MR) is 114 cm³/mol. The molecular weight excluding hydrogens is 378 g/mol. The number of amides is 2. The number of aromatic nitrogens is 3. The molecule has 4 aromatic rings. The molecule has 0 aliphatic heterocycles. The van der Waals surface area contributed by atoms with Crippen molar-refractivity contribution in [3.8, 4) is 0 Å². The third-order valence-corrected chi connectivity index (χ3v) is 4.79. The standard InChI is InChI=1S/C23H21N5O2/c1-2-17-9-3-4-10-18(17)26-23(30)21-27-20(19-11-5-6-13-28(19)21)22(29)25-15-16-8-7-12-24-14-16/h3-14H,2,15H2,1H3,(H,25,29)(H,26,30). The van der Waals surface area contributed by atoms with Crippen LogP contribution in [0, 0.1) is 0 Å². The Morgan fingerprint density at radius 2 is 1.83 bits per heavy atom. The minimum Gasteiger partial charge on any atom is -0.346 e. The molecule has 0 saturated carbocycles. The zero-order chi connectivity index (χ0) is 20.9.